The summed E-state index contributed by atoms with van der Waals surface area (Å²) in [5.41, 5.74) is 0. The lowest BCUT2D eigenvalue weighted by atomic mass is 10.0. The van der Waals surface area contributed by atoms with Crippen molar-refractivity contribution in [2.75, 3.05) is 6.61 Å². The van der Waals surface area contributed by atoms with Crippen LogP contribution < -0.4 is 0 Å². The Labute approximate surface area is 76.5 Å². The molecule has 1 atom stereocenters. The lowest BCUT2D eigenvalue weighted by molar-refractivity contribution is 0.0289. The fourth-order valence-corrected chi connectivity index (χ4v) is 1.82. The van der Waals surface area contributed by atoms with Crippen LogP contribution >= 0.6 is 0 Å². The number of ether oxygens (including phenoxy) is 1. The van der Waals surface area contributed by atoms with Crippen molar-refractivity contribution in [2.45, 2.75) is 64.4 Å². The maximum absolute atomic E-state index is 5.78. The summed E-state index contributed by atoms with van der Waals surface area (Å²) in [5, 5.41) is 0. The van der Waals surface area contributed by atoms with E-state index in [9.17, 15) is 0 Å². The first kappa shape index (κ1) is 10.0. The summed E-state index contributed by atoms with van der Waals surface area (Å²) in [6.07, 6.45) is 11.3. The van der Waals surface area contributed by atoms with Crippen molar-refractivity contribution >= 4 is 0 Å². The second kappa shape index (κ2) is 6.47. The molecule has 1 rings (SSSR count). The highest BCUT2D eigenvalue weighted by Gasteiger charge is 2.10. The minimum atomic E-state index is 0.588. The van der Waals surface area contributed by atoms with Crippen LogP contribution in [0.3, 0.4) is 0 Å². The van der Waals surface area contributed by atoms with Crippen molar-refractivity contribution in [1.82, 2.24) is 0 Å². The molecule has 0 aromatic rings. The van der Waals surface area contributed by atoms with Crippen LogP contribution in [0.1, 0.15) is 58.3 Å². The summed E-state index contributed by atoms with van der Waals surface area (Å²) >= 11 is 0. The van der Waals surface area contributed by atoms with E-state index < -0.39 is 0 Å². The monoisotopic (exact) mass is 170 g/mol. The number of hydrogen-bond donors (Lipinski definition) is 0. The molecular weight excluding hydrogens is 148 g/mol. The van der Waals surface area contributed by atoms with Crippen molar-refractivity contribution in [3.8, 4) is 0 Å². The van der Waals surface area contributed by atoms with Gasteiger partial charge in [0.05, 0.1) is 6.10 Å². The molecule has 1 fully saturated rings. The Balaban J connectivity index is 2.11. The van der Waals surface area contributed by atoms with E-state index in [1.54, 1.807) is 0 Å². The molecule has 1 heterocycles. The maximum atomic E-state index is 5.78. The van der Waals surface area contributed by atoms with E-state index in [1.165, 1.54) is 51.4 Å². The molecule has 0 aliphatic carbocycles. The van der Waals surface area contributed by atoms with Crippen molar-refractivity contribution in [1.29, 1.82) is 0 Å². The normalized spacial score (nSPS) is 26.2. The molecule has 0 radical (unpaired) electrons. The van der Waals surface area contributed by atoms with Crippen LogP contribution in [-0.4, -0.2) is 12.7 Å². The molecule has 0 spiro atoms. The molecule has 0 bridgehead atoms. The lowest BCUT2D eigenvalue weighted by Gasteiger charge is -2.20. The van der Waals surface area contributed by atoms with E-state index in [4.69, 9.17) is 4.74 Å². The largest absolute Gasteiger partial charge is 0.378 e. The summed E-state index contributed by atoms with van der Waals surface area (Å²) in [6, 6.07) is 0. The third-order valence-corrected chi connectivity index (χ3v) is 2.65. The first-order valence-electron chi connectivity index (χ1n) is 5.55. The first-order valence-corrected chi connectivity index (χ1v) is 5.55. The van der Waals surface area contributed by atoms with Gasteiger partial charge in [0.2, 0.25) is 0 Å². The Hall–Kier alpha value is -0.0400. The highest BCUT2D eigenvalue weighted by Crippen LogP contribution is 2.17. The van der Waals surface area contributed by atoms with Crippen molar-refractivity contribution in [3.63, 3.8) is 0 Å². The van der Waals surface area contributed by atoms with Gasteiger partial charge >= 0.3 is 0 Å². The topological polar surface area (TPSA) is 9.23 Å². The van der Waals surface area contributed by atoms with E-state index in [2.05, 4.69) is 6.92 Å². The van der Waals surface area contributed by atoms with Crippen LogP contribution in [0.4, 0.5) is 0 Å². The Morgan fingerprint density at radius 3 is 2.83 bits per heavy atom. The molecule has 0 amide bonds. The lowest BCUT2D eigenvalue weighted by Crippen LogP contribution is -2.15. The van der Waals surface area contributed by atoms with Gasteiger partial charge in [-0.2, -0.15) is 0 Å². The van der Waals surface area contributed by atoms with E-state index in [0.29, 0.717) is 6.10 Å². The van der Waals surface area contributed by atoms with Crippen molar-refractivity contribution in [2.24, 2.45) is 0 Å². The second-order valence-electron chi connectivity index (χ2n) is 3.84. The number of hydrogen-bond acceptors (Lipinski definition) is 1. The highest BCUT2D eigenvalue weighted by molar-refractivity contribution is 4.61. The van der Waals surface area contributed by atoms with Crippen molar-refractivity contribution < 1.29 is 4.74 Å². The Kier molecular flexibility index (Phi) is 5.42. The summed E-state index contributed by atoms with van der Waals surface area (Å²) in [4.78, 5) is 0. The van der Waals surface area contributed by atoms with Crippen LogP contribution in [0.25, 0.3) is 0 Å². The quantitative estimate of drug-likeness (QED) is 0.629. The molecule has 0 aromatic carbocycles. The predicted octanol–water partition coefficient (Wildman–Crippen LogP) is 3.53. The smallest absolute Gasteiger partial charge is 0.0575 e. The Morgan fingerprint density at radius 1 is 1.17 bits per heavy atom. The predicted molar refractivity (Wildman–Crippen MR) is 52.4 cm³/mol. The zero-order valence-corrected chi connectivity index (χ0v) is 8.35. The zero-order valence-electron chi connectivity index (χ0n) is 8.35. The standard InChI is InChI=1S/C11H22O/c1-2-3-8-11-9-6-4-5-7-10-12-11/h11H,2-10H2,1H3. The summed E-state index contributed by atoms with van der Waals surface area (Å²) < 4.78 is 5.78. The minimum absolute atomic E-state index is 0.588. The van der Waals surface area contributed by atoms with E-state index >= 15 is 0 Å². The Morgan fingerprint density at radius 2 is 2.00 bits per heavy atom. The van der Waals surface area contributed by atoms with Gasteiger partial charge in [0.15, 0.2) is 0 Å². The van der Waals surface area contributed by atoms with E-state index in [1.807, 2.05) is 0 Å². The third-order valence-electron chi connectivity index (χ3n) is 2.65. The van der Waals surface area contributed by atoms with Crippen LogP contribution in [0.5, 0.6) is 0 Å². The van der Waals surface area contributed by atoms with Gasteiger partial charge in [0.25, 0.3) is 0 Å². The summed E-state index contributed by atoms with van der Waals surface area (Å²) in [7, 11) is 0. The van der Waals surface area contributed by atoms with E-state index in [0.717, 1.165) is 6.61 Å². The molecule has 1 heteroatoms. The fourth-order valence-electron chi connectivity index (χ4n) is 1.82. The minimum Gasteiger partial charge on any atom is -0.378 e. The van der Waals surface area contributed by atoms with Crippen LogP contribution in [0.15, 0.2) is 0 Å². The van der Waals surface area contributed by atoms with Gasteiger partial charge in [0.1, 0.15) is 0 Å². The van der Waals surface area contributed by atoms with Gasteiger partial charge in [0, 0.05) is 6.61 Å². The average Bonchev–Trinajstić information content (AvgIpc) is 2.02. The molecule has 1 unspecified atom stereocenters. The fraction of sp³-hybridized carbons (Fsp3) is 1.00. The van der Waals surface area contributed by atoms with Crippen LogP contribution in [0.2, 0.25) is 0 Å². The SMILES string of the molecule is CCCCC1CCCCCCO1. The van der Waals surface area contributed by atoms with Gasteiger partial charge < -0.3 is 4.74 Å². The van der Waals surface area contributed by atoms with Crippen LogP contribution in [0, 0.1) is 0 Å². The van der Waals surface area contributed by atoms with Gasteiger partial charge in [-0.25, -0.2) is 0 Å². The average molecular weight is 170 g/mol. The molecule has 1 saturated heterocycles. The molecule has 72 valence electrons. The molecule has 1 aliphatic rings. The summed E-state index contributed by atoms with van der Waals surface area (Å²) in [5.74, 6) is 0. The second-order valence-corrected chi connectivity index (χ2v) is 3.84. The number of unbranched alkanes of at least 4 members (excludes halogenated alkanes) is 1. The van der Waals surface area contributed by atoms with E-state index in [-0.39, 0.29) is 0 Å². The van der Waals surface area contributed by atoms with Gasteiger partial charge in [-0.3, -0.25) is 0 Å². The first-order chi connectivity index (χ1) is 5.93. The molecule has 1 nitrogen and oxygen atoms in total. The Bertz CT molecular complexity index is 90.4. The molecule has 1 aliphatic heterocycles. The molecule has 0 aromatic heterocycles. The molecule has 0 N–H and O–H groups in total. The molecule has 0 saturated carbocycles. The summed E-state index contributed by atoms with van der Waals surface area (Å²) in [6.45, 7) is 3.26. The highest BCUT2D eigenvalue weighted by atomic mass is 16.5. The molecular formula is C11H22O. The number of rotatable bonds is 3. The van der Waals surface area contributed by atoms with Gasteiger partial charge in [-0.05, 0) is 19.3 Å². The van der Waals surface area contributed by atoms with Gasteiger partial charge in [-0.1, -0.05) is 39.0 Å². The third kappa shape index (κ3) is 4.10. The van der Waals surface area contributed by atoms with Gasteiger partial charge in [-0.15, -0.1) is 0 Å². The molecule has 12 heavy (non-hydrogen) atoms. The maximum Gasteiger partial charge on any atom is 0.0575 e. The van der Waals surface area contributed by atoms with Crippen LogP contribution in [-0.2, 0) is 4.74 Å². The zero-order chi connectivity index (χ0) is 8.65. The van der Waals surface area contributed by atoms with Crippen molar-refractivity contribution in [3.05, 3.63) is 0 Å².